The lowest BCUT2D eigenvalue weighted by molar-refractivity contribution is 0.392. The van der Waals surface area contributed by atoms with Crippen molar-refractivity contribution in [2.24, 2.45) is 5.92 Å². The second-order valence-corrected chi connectivity index (χ2v) is 9.28. The second-order valence-electron chi connectivity index (χ2n) is 9.28. The summed E-state index contributed by atoms with van der Waals surface area (Å²) in [5.41, 5.74) is 0. The molecule has 0 aliphatic heterocycles. The highest BCUT2D eigenvalue weighted by molar-refractivity contribution is 4.59. The minimum atomic E-state index is 1.01. The summed E-state index contributed by atoms with van der Waals surface area (Å²) in [5.74, 6) is 1.01. The molecule has 0 nitrogen and oxygen atoms in total. The summed E-state index contributed by atoms with van der Waals surface area (Å²) in [5, 5.41) is 0. The van der Waals surface area contributed by atoms with Crippen LogP contribution in [0.3, 0.4) is 0 Å². The van der Waals surface area contributed by atoms with Crippen LogP contribution >= 0.6 is 0 Å². The Hall–Kier alpha value is 0. The van der Waals surface area contributed by atoms with E-state index in [0.29, 0.717) is 0 Å². The molecule has 0 amide bonds. The number of hydrogen-bond acceptors (Lipinski definition) is 0. The first kappa shape index (κ1) is 28.0. The van der Waals surface area contributed by atoms with Gasteiger partial charge in [-0.3, -0.25) is 0 Å². The van der Waals surface area contributed by atoms with Gasteiger partial charge in [0.15, 0.2) is 0 Å². The van der Waals surface area contributed by atoms with Crippen molar-refractivity contribution in [2.45, 2.75) is 161 Å². The second kappa shape index (κ2) is 25.0. The van der Waals surface area contributed by atoms with Gasteiger partial charge in [-0.05, 0) is 5.92 Å². The predicted octanol–water partition coefficient (Wildman–Crippen LogP) is 10.7. The van der Waals surface area contributed by atoms with Crippen molar-refractivity contribution < 1.29 is 0 Å². The molecule has 0 aromatic heterocycles. The Morgan fingerprint density at radius 1 is 0.393 bits per heavy atom. The molecule has 0 fully saturated rings. The molecule has 168 valence electrons. The number of rotatable bonds is 24. The number of unbranched alkanes of at least 4 members (excludes halogenated alkanes) is 19. The molecule has 0 bridgehead atoms. The maximum Gasteiger partial charge on any atom is -0.0417 e. The first-order valence-corrected chi connectivity index (χ1v) is 13.4. The zero-order valence-corrected chi connectivity index (χ0v) is 20.0. The van der Waals surface area contributed by atoms with Gasteiger partial charge in [-0.15, -0.1) is 0 Å². The molecular weight excluding hydrogens is 336 g/mol. The maximum absolute atomic E-state index is 3.93. The molecule has 0 saturated carbocycles. The molecule has 0 N–H and O–H groups in total. The van der Waals surface area contributed by atoms with Crippen molar-refractivity contribution in [3.63, 3.8) is 0 Å². The highest BCUT2D eigenvalue weighted by atomic mass is 14.1. The van der Waals surface area contributed by atoms with E-state index in [1.165, 1.54) is 141 Å². The van der Waals surface area contributed by atoms with E-state index in [1.54, 1.807) is 0 Å². The summed E-state index contributed by atoms with van der Waals surface area (Å²) in [4.78, 5) is 0. The average Bonchev–Trinajstić information content (AvgIpc) is 2.71. The van der Waals surface area contributed by atoms with Crippen LogP contribution < -0.4 is 0 Å². The average molecular weight is 393 g/mol. The predicted molar refractivity (Wildman–Crippen MR) is 131 cm³/mol. The lowest BCUT2D eigenvalue weighted by atomic mass is 9.92. The van der Waals surface area contributed by atoms with E-state index in [9.17, 15) is 0 Å². The fourth-order valence-corrected chi connectivity index (χ4v) is 4.42. The van der Waals surface area contributed by atoms with Gasteiger partial charge in [0.2, 0.25) is 0 Å². The third-order valence-electron chi connectivity index (χ3n) is 6.55. The van der Waals surface area contributed by atoms with Gasteiger partial charge in [0.25, 0.3) is 0 Å². The van der Waals surface area contributed by atoms with E-state index in [2.05, 4.69) is 20.8 Å². The molecule has 0 heterocycles. The van der Waals surface area contributed by atoms with E-state index < -0.39 is 0 Å². The zero-order valence-electron chi connectivity index (χ0n) is 20.0. The standard InChI is InChI=1S/C28H56/c1-4-7-9-11-13-14-15-16-17-18-19-20-21-23-25-27-28(6-3)26-24-22-12-10-8-5-2/h28H,1-2,4-27H2,3H3. The van der Waals surface area contributed by atoms with Crippen LogP contribution in [0.1, 0.15) is 161 Å². The molecule has 2 radical (unpaired) electrons. The quantitative estimate of drug-likeness (QED) is 0.143. The maximum atomic E-state index is 3.93. The minimum absolute atomic E-state index is 1.01. The molecule has 0 aliphatic rings. The van der Waals surface area contributed by atoms with Crippen LogP contribution in [0.25, 0.3) is 0 Å². The van der Waals surface area contributed by atoms with Gasteiger partial charge in [0, 0.05) is 0 Å². The van der Waals surface area contributed by atoms with E-state index in [4.69, 9.17) is 0 Å². The Labute approximate surface area is 181 Å². The minimum Gasteiger partial charge on any atom is -0.0651 e. The fraction of sp³-hybridized carbons (Fsp3) is 0.929. The third-order valence-corrected chi connectivity index (χ3v) is 6.55. The van der Waals surface area contributed by atoms with Crippen LogP contribution in [0.5, 0.6) is 0 Å². The van der Waals surface area contributed by atoms with Crippen molar-refractivity contribution in [2.75, 3.05) is 0 Å². The van der Waals surface area contributed by atoms with Gasteiger partial charge in [-0.25, -0.2) is 0 Å². The van der Waals surface area contributed by atoms with Crippen LogP contribution in [-0.2, 0) is 0 Å². The summed E-state index contributed by atoms with van der Waals surface area (Å²) in [6, 6.07) is 0. The molecule has 1 unspecified atom stereocenters. The molecule has 0 spiro atoms. The van der Waals surface area contributed by atoms with Crippen molar-refractivity contribution >= 4 is 0 Å². The van der Waals surface area contributed by atoms with Crippen LogP contribution in [0.2, 0.25) is 0 Å². The van der Waals surface area contributed by atoms with E-state index in [-0.39, 0.29) is 0 Å². The van der Waals surface area contributed by atoms with Gasteiger partial charge >= 0.3 is 0 Å². The van der Waals surface area contributed by atoms with Crippen molar-refractivity contribution in [1.82, 2.24) is 0 Å². The van der Waals surface area contributed by atoms with Gasteiger partial charge in [-0.1, -0.05) is 175 Å². The SMILES string of the molecule is [CH2]CCCCCCCCCCCCCCCCC(CC)CCCCCCC[CH2]. The van der Waals surface area contributed by atoms with Gasteiger partial charge in [-0.2, -0.15) is 0 Å². The summed E-state index contributed by atoms with van der Waals surface area (Å²) >= 11 is 0. The smallest absolute Gasteiger partial charge is 0.0417 e. The molecule has 0 rings (SSSR count). The Morgan fingerprint density at radius 2 is 0.643 bits per heavy atom. The van der Waals surface area contributed by atoms with Crippen LogP contribution in [-0.4, -0.2) is 0 Å². The molecule has 28 heavy (non-hydrogen) atoms. The van der Waals surface area contributed by atoms with Gasteiger partial charge in [0.05, 0.1) is 0 Å². The molecular formula is C28H56. The molecule has 0 aromatic rings. The summed E-state index contributed by atoms with van der Waals surface area (Å²) in [6.45, 7) is 10.2. The first-order chi connectivity index (χ1) is 13.8. The van der Waals surface area contributed by atoms with Crippen molar-refractivity contribution in [3.05, 3.63) is 13.8 Å². The molecule has 0 saturated heterocycles. The van der Waals surface area contributed by atoms with Gasteiger partial charge < -0.3 is 0 Å². The van der Waals surface area contributed by atoms with E-state index in [1.807, 2.05) is 0 Å². The Balaban J connectivity index is 3.22. The molecule has 1 atom stereocenters. The van der Waals surface area contributed by atoms with E-state index in [0.717, 1.165) is 18.8 Å². The van der Waals surface area contributed by atoms with Crippen molar-refractivity contribution in [3.8, 4) is 0 Å². The van der Waals surface area contributed by atoms with Crippen LogP contribution in [0.15, 0.2) is 0 Å². The Morgan fingerprint density at radius 3 is 0.893 bits per heavy atom. The van der Waals surface area contributed by atoms with Crippen molar-refractivity contribution in [1.29, 1.82) is 0 Å². The zero-order chi connectivity index (χ0) is 20.5. The fourth-order valence-electron chi connectivity index (χ4n) is 4.42. The highest BCUT2D eigenvalue weighted by Crippen LogP contribution is 2.22. The van der Waals surface area contributed by atoms with Crippen LogP contribution in [0, 0.1) is 19.8 Å². The lowest BCUT2D eigenvalue weighted by Gasteiger charge is -2.14. The first-order valence-electron chi connectivity index (χ1n) is 13.4. The topological polar surface area (TPSA) is 0 Å². The Kier molecular flexibility index (Phi) is 25.0. The lowest BCUT2D eigenvalue weighted by Crippen LogP contribution is -1.99. The molecule has 0 aliphatic carbocycles. The third kappa shape index (κ3) is 22.3. The normalized spacial score (nSPS) is 12.5. The van der Waals surface area contributed by atoms with Crippen LogP contribution in [0.4, 0.5) is 0 Å². The molecule has 0 aromatic carbocycles. The Bertz CT molecular complexity index is 257. The summed E-state index contributed by atoms with van der Waals surface area (Å²) in [6.07, 6.45) is 34.1. The number of hydrogen-bond donors (Lipinski definition) is 0. The molecule has 0 heteroatoms. The van der Waals surface area contributed by atoms with Gasteiger partial charge in [0.1, 0.15) is 0 Å². The summed E-state index contributed by atoms with van der Waals surface area (Å²) in [7, 11) is 0. The summed E-state index contributed by atoms with van der Waals surface area (Å²) < 4.78 is 0. The largest absolute Gasteiger partial charge is 0.0651 e. The monoisotopic (exact) mass is 392 g/mol. The highest BCUT2D eigenvalue weighted by Gasteiger charge is 2.05. The van der Waals surface area contributed by atoms with E-state index >= 15 is 0 Å².